The standard InChI is InChI=1S/C22H27NO3/c1-15-5-3-6-17(11-15)18-7-4-8-19(14-18)23-22(25)13-16-9-10-20(24)21(12-16)26-2/h4,7-10,12,15,24H,3,5-6,11,13-14H2,1-2H3,(H,23,25). The number of amides is 1. The highest BCUT2D eigenvalue weighted by Gasteiger charge is 2.18. The smallest absolute Gasteiger partial charge is 0.228 e. The summed E-state index contributed by atoms with van der Waals surface area (Å²) in [4.78, 5) is 12.4. The minimum absolute atomic E-state index is 0.0549. The predicted octanol–water partition coefficient (Wildman–Crippen LogP) is 4.41. The molecule has 1 aromatic rings. The summed E-state index contributed by atoms with van der Waals surface area (Å²) in [6, 6.07) is 4.99. The molecule has 26 heavy (non-hydrogen) atoms. The summed E-state index contributed by atoms with van der Waals surface area (Å²) in [7, 11) is 1.50. The van der Waals surface area contributed by atoms with Crippen molar-refractivity contribution in [2.45, 2.75) is 45.4 Å². The Hall–Kier alpha value is -2.49. The van der Waals surface area contributed by atoms with Gasteiger partial charge in [0, 0.05) is 12.1 Å². The van der Waals surface area contributed by atoms with E-state index in [1.165, 1.54) is 38.4 Å². The number of carbonyl (C=O) groups excluding carboxylic acids is 1. The molecular formula is C22H27NO3. The van der Waals surface area contributed by atoms with Gasteiger partial charge in [-0.3, -0.25) is 4.79 Å². The molecule has 2 N–H and O–H groups in total. The lowest BCUT2D eigenvalue weighted by Crippen LogP contribution is -2.25. The van der Waals surface area contributed by atoms with Crippen LogP contribution in [-0.4, -0.2) is 18.1 Å². The second kappa shape index (κ2) is 8.26. The second-order valence-electron chi connectivity index (χ2n) is 7.29. The lowest BCUT2D eigenvalue weighted by Gasteiger charge is -2.24. The first-order valence-electron chi connectivity index (χ1n) is 9.29. The molecule has 0 aliphatic heterocycles. The Bertz CT molecular complexity index is 774. The van der Waals surface area contributed by atoms with E-state index in [2.05, 4.69) is 18.3 Å². The first-order chi connectivity index (χ1) is 12.5. The van der Waals surface area contributed by atoms with Crippen molar-refractivity contribution in [3.63, 3.8) is 0 Å². The molecule has 3 rings (SSSR count). The number of phenols is 1. The largest absolute Gasteiger partial charge is 0.504 e. The molecule has 1 atom stereocenters. The zero-order valence-electron chi connectivity index (χ0n) is 15.5. The molecule has 1 saturated carbocycles. The molecule has 0 saturated heterocycles. The summed E-state index contributed by atoms with van der Waals surface area (Å²) < 4.78 is 5.10. The van der Waals surface area contributed by atoms with Crippen molar-refractivity contribution >= 4 is 5.91 Å². The van der Waals surface area contributed by atoms with Crippen LogP contribution in [0.1, 0.15) is 44.6 Å². The van der Waals surface area contributed by atoms with E-state index in [1.54, 1.807) is 23.8 Å². The molecule has 1 fully saturated rings. The Labute approximate surface area is 155 Å². The molecule has 0 bridgehead atoms. The van der Waals surface area contributed by atoms with Crippen LogP contribution in [0.5, 0.6) is 11.5 Å². The lowest BCUT2D eigenvalue weighted by atomic mass is 9.82. The van der Waals surface area contributed by atoms with Gasteiger partial charge in [0.25, 0.3) is 0 Å². The van der Waals surface area contributed by atoms with Crippen molar-refractivity contribution in [3.8, 4) is 11.5 Å². The SMILES string of the molecule is COc1cc(CC(=O)NC2=CC=CC(=C3CCCC(C)C3)C2)ccc1O. The highest BCUT2D eigenvalue weighted by Crippen LogP contribution is 2.33. The van der Waals surface area contributed by atoms with E-state index in [-0.39, 0.29) is 18.1 Å². The van der Waals surface area contributed by atoms with Crippen LogP contribution in [0.25, 0.3) is 0 Å². The average Bonchev–Trinajstić information content (AvgIpc) is 2.63. The van der Waals surface area contributed by atoms with Crippen molar-refractivity contribution in [1.29, 1.82) is 0 Å². The first kappa shape index (κ1) is 18.3. The van der Waals surface area contributed by atoms with Gasteiger partial charge in [-0.25, -0.2) is 0 Å². The number of methoxy groups -OCH3 is 1. The van der Waals surface area contributed by atoms with Gasteiger partial charge in [-0.05, 0) is 54.5 Å². The molecular weight excluding hydrogens is 326 g/mol. The summed E-state index contributed by atoms with van der Waals surface area (Å²) in [5.74, 6) is 1.16. The van der Waals surface area contributed by atoms with Gasteiger partial charge >= 0.3 is 0 Å². The number of nitrogens with one attached hydrogen (secondary N) is 1. The lowest BCUT2D eigenvalue weighted by molar-refractivity contribution is -0.119. The quantitative estimate of drug-likeness (QED) is 0.843. The van der Waals surface area contributed by atoms with Crippen molar-refractivity contribution in [2.75, 3.05) is 7.11 Å². The molecule has 2 aliphatic rings. The predicted molar refractivity (Wildman–Crippen MR) is 103 cm³/mol. The van der Waals surface area contributed by atoms with Crippen molar-refractivity contribution in [2.24, 2.45) is 5.92 Å². The van der Waals surface area contributed by atoms with Crippen LogP contribution in [0, 0.1) is 5.92 Å². The third-order valence-electron chi connectivity index (χ3n) is 5.11. The summed E-state index contributed by atoms with van der Waals surface area (Å²) in [5, 5.41) is 12.7. The molecule has 2 aliphatic carbocycles. The topological polar surface area (TPSA) is 58.6 Å². The maximum atomic E-state index is 12.4. The fraction of sp³-hybridized carbons (Fsp3) is 0.409. The van der Waals surface area contributed by atoms with Crippen LogP contribution in [0.2, 0.25) is 0 Å². The Morgan fingerprint density at radius 1 is 1.38 bits per heavy atom. The van der Waals surface area contributed by atoms with Crippen molar-refractivity contribution < 1.29 is 14.6 Å². The molecule has 1 amide bonds. The number of phenolic OH excluding ortho intramolecular Hbond substituents is 1. The highest BCUT2D eigenvalue weighted by molar-refractivity contribution is 5.80. The summed E-state index contributed by atoms with van der Waals surface area (Å²) in [6.07, 6.45) is 12.2. The maximum absolute atomic E-state index is 12.4. The van der Waals surface area contributed by atoms with Crippen LogP contribution in [0.4, 0.5) is 0 Å². The summed E-state index contributed by atoms with van der Waals surface area (Å²) in [6.45, 7) is 2.32. The van der Waals surface area contributed by atoms with Gasteiger partial charge in [0.2, 0.25) is 5.91 Å². The zero-order chi connectivity index (χ0) is 18.5. The molecule has 4 heteroatoms. The number of rotatable bonds is 4. The zero-order valence-corrected chi connectivity index (χ0v) is 15.5. The van der Waals surface area contributed by atoms with E-state index in [4.69, 9.17) is 4.74 Å². The Morgan fingerprint density at radius 2 is 2.23 bits per heavy atom. The van der Waals surface area contributed by atoms with Crippen LogP contribution in [0.3, 0.4) is 0 Å². The molecule has 1 unspecified atom stereocenters. The third kappa shape index (κ3) is 4.57. The van der Waals surface area contributed by atoms with Crippen LogP contribution >= 0.6 is 0 Å². The van der Waals surface area contributed by atoms with Gasteiger partial charge in [-0.1, -0.05) is 37.1 Å². The summed E-state index contributed by atoms with van der Waals surface area (Å²) in [5.41, 5.74) is 4.66. The molecule has 1 aromatic carbocycles. The van der Waals surface area contributed by atoms with Gasteiger partial charge in [-0.15, -0.1) is 0 Å². The number of benzene rings is 1. The minimum Gasteiger partial charge on any atom is -0.504 e. The van der Waals surface area contributed by atoms with Gasteiger partial charge in [0.1, 0.15) is 0 Å². The van der Waals surface area contributed by atoms with Crippen molar-refractivity contribution in [1.82, 2.24) is 5.32 Å². The van der Waals surface area contributed by atoms with Gasteiger partial charge in [-0.2, -0.15) is 0 Å². The van der Waals surface area contributed by atoms with E-state index in [1.807, 2.05) is 12.2 Å². The average molecular weight is 353 g/mol. The molecule has 0 aromatic heterocycles. The normalized spacial score (nSPS) is 22.7. The van der Waals surface area contributed by atoms with Crippen LogP contribution in [-0.2, 0) is 11.2 Å². The Balaban J connectivity index is 1.62. The summed E-state index contributed by atoms with van der Waals surface area (Å²) >= 11 is 0. The molecule has 0 radical (unpaired) electrons. The highest BCUT2D eigenvalue weighted by atomic mass is 16.5. The molecule has 138 valence electrons. The second-order valence-corrected chi connectivity index (χ2v) is 7.29. The van der Waals surface area contributed by atoms with E-state index in [0.29, 0.717) is 5.75 Å². The number of ether oxygens (including phenoxy) is 1. The molecule has 0 heterocycles. The Kier molecular flexibility index (Phi) is 5.82. The minimum atomic E-state index is -0.0549. The van der Waals surface area contributed by atoms with E-state index in [0.717, 1.165) is 23.6 Å². The van der Waals surface area contributed by atoms with E-state index >= 15 is 0 Å². The number of hydrogen-bond acceptors (Lipinski definition) is 3. The maximum Gasteiger partial charge on any atom is 0.228 e. The Morgan fingerprint density at radius 3 is 3.00 bits per heavy atom. The molecule has 0 spiro atoms. The number of aromatic hydroxyl groups is 1. The third-order valence-corrected chi connectivity index (χ3v) is 5.11. The molecule has 4 nitrogen and oxygen atoms in total. The van der Waals surface area contributed by atoms with Gasteiger partial charge in [0.05, 0.1) is 13.5 Å². The van der Waals surface area contributed by atoms with E-state index in [9.17, 15) is 9.90 Å². The van der Waals surface area contributed by atoms with Crippen LogP contribution in [0.15, 0.2) is 53.3 Å². The fourth-order valence-corrected chi connectivity index (χ4v) is 3.75. The number of hydrogen-bond donors (Lipinski definition) is 2. The van der Waals surface area contributed by atoms with E-state index < -0.39 is 0 Å². The first-order valence-corrected chi connectivity index (χ1v) is 9.29. The monoisotopic (exact) mass is 353 g/mol. The van der Waals surface area contributed by atoms with Gasteiger partial charge < -0.3 is 15.2 Å². The van der Waals surface area contributed by atoms with Gasteiger partial charge in [0.15, 0.2) is 11.5 Å². The van der Waals surface area contributed by atoms with Crippen LogP contribution < -0.4 is 10.1 Å². The number of allylic oxidation sites excluding steroid dienone is 5. The fourth-order valence-electron chi connectivity index (χ4n) is 3.75. The van der Waals surface area contributed by atoms with Crippen molar-refractivity contribution in [3.05, 3.63) is 58.8 Å². The number of carbonyl (C=O) groups is 1.